The highest BCUT2D eigenvalue weighted by molar-refractivity contribution is 7.17. The number of nitrogens with zero attached hydrogens (tertiary/aromatic N) is 2. The van der Waals surface area contributed by atoms with Crippen molar-refractivity contribution < 1.29 is 19.1 Å². The van der Waals surface area contributed by atoms with Crippen LogP contribution in [0.1, 0.15) is 23.7 Å². The second kappa shape index (κ2) is 9.12. The number of nitriles is 1. The van der Waals surface area contributed by atoms with Crippen molar-refractivity contribution >= 4 is 45.5 Å². The fourth-order valence-electron chi connectivity index (χ4n) is 2.08. The van der Waals surface area contributed by atoms with Crippen molar-refractivity contribution in [3.8, 4) is 16.5 Å². The Kier molecular flexibility index (Phi) is 6.89. The Morgan fingerprint density at radius 2 is 2.12 bits per heavy atom. The predicted octanol–water partition coefficient (Wildman–Crippen LogP) is 2.96. The third-order valence-corrected chi connectivity index (χ3v) is 5.18. The maximum atomic E-state index is 12.6. The first kappa shape index (κ1) is 19.6. The van der Waals surface area contributed by atoms with E-state index < -0.39 is 18.5 Å². The van der Waals surface area contributed by atoms with Crippen molar-refractivity contribution in [1.82, 2.24) is 4.90 Å². The lowest BCUT2D eigenvalue weighted by atomic mass is 10.1. The lowest BCUT2D eigenvalue weighted by molar-refractivity contribution is -0.133. The maximum Gasteiger partial charge on any atom is 0.342 e. The number of carbonyl (C=O) groups excluding carboxylic acids is 3. The smallest absolute Gasteiger partial charge is 0.342 e. The first-order valence-corrected chi connectivity index (χ1v) is 9.41. The molecule has 26 heavy (non-hydrogen) atoms. The van der Waals surface area contributed by atoms with Crippen LogP contribution >= 0.6 is 22.7 Å². The fourth-order valence-corrected chi connectivity index (χ4v) is 3.90. The summed E-state index contributed by atoms with van der Waals surface area (Å²) in [6.45, 7) is 1.19. The van der Waals surface area contributed by atoms with Crippen LogP contribution in [0.4, 0.5) is 5.00 Å². The Labute approximate surface area is 158 Å². The monoisotopic (exact) mass is 391 g/mol. The van der Waals surface area contributed by atoms with Gasteiger partial charge in [0.1, 0.15) is 10.6 Å². The van der Waals surface area contributed by atoms with E-state index in [0.29, 0.717) is 10.6 Å². The van der Waals surface area contributed by atoms with E-state index in [1.54, 1.807) is 5.38 Å². The summed E-state index contributed by atoms with van der Waals surface area (Å²) in [6.07, 6.45) is 0.204. The molecule has 2 heterocycles. The minimum absolute atomic E-state index is 0.204. The first-order valence-electron chi connectivity index (χ1n) is 7.65. The van der Waals surface area contributed by atoms with Gasteiger partial charge in [-0.1, -0.05) is 6.07 Å². The Balaban J connectivity index is 2.16. The van der Waals surface area contributed by atoms with Gasteiger partial charge in [-0.2, -0.15) is 5.26 Å². The quantitative estimate of drug-likeness (QED) is 0.732. The molecular weight excluding hydrogens is 374 g/mol. The minimum atomic E-state index is -0.680. The molecule has 0 aromatic carbocycles. The molecule has 9 heteroatoms. The number of hydrogen-bond donors (Lipinski definition) is 1. The summed E-state index contributed by atoms with van der Waals surface area (Å²) in [4.78, 5) is 38.1. The third-order valence-electron chi connectivity index (χ3n) is 3.38. The molecule has 0 unspecified atom stereocenters. The molecule has 0 radical (unpaired) electrons. The molecule has 0 saturated heterocycles. The van der Waals surface area contributed by atoms with Gasteiger partial charge in [0, 0.05) is 36.3 Å². The van der Waals surface area contributed by atoms with Crippen LogP contribution < -0.4 is 5.32 Å². The largest absolute Gasteiger partial charge is 0.452 e. The van der Waals surface area contributed by atoms with E-state index >= 15 is 0 Å². The van der Waals surface area contributed by atoms with Crippen molar-refractivity contribution in [3.63, 3.8) is 0 Å². The van der Waals surface area contributed by atoms with Gasteiger partial charge in [0.2, 0.25) is 5.91 Å². The minimum Gasteiger partial charge on any atom is -0.452 e. The summed E-state index contributed by atoms with van der Waals surface area (Å²) >= 11 is 2.68. The zero-order valence-corrected chi connectivity index (χ0v) is 15.9. The maximum absolute atomic E-state index is 12.6. The molecule has 0 bridgehead atoms. The third kappa shape index (κ3) is 4.91. The van der Waals surface area contributed by atoms with Gasteiger partial charge >= 0.3 is 5.97 Å². The summed E-state index contributed by atoms with van der Waals surface area (Å²) in [6, 6.07) is 5.67. The van der Waals surface area contributed by atoms with Crippen LogP contribution in [-0.4, -0.2) is 42.9 Å². The van der Waals surface area contributed by atoms with E-state index in [-0.39, 0.29) is 24.4 Å². The van der Waals surface area contributed by atoms with E-state index in [9.17, 15) is 14.4 Å². The molecule has 0 spiro atoms. The van der Waals surface area contributed by atoms with Crippen LogP contribution in [0.15, 0.2) is 22.9 Å². The molecule has 7 nitrogen and oxygen atoms in total. The number of ether oxygens (including phenoxy) is 1. The predicted molar refractivity (Wildman–Crippen MR) is 100 cm³/mol. The van der Waals surface area contributed by atoms with Crippen LogP contribution in [0.25, 0.3) is 10.4 Å². The zero-order valence-electron chi connectivity index (χ0n) is 14.3. The molecule has 2 aromatic heterocycles. The zero-order chi connectivity index (χ0) is 19.1. The van der Waals surface area contributed by atoms with E-state index in [2.05, 4.69) is 5.32 Å². The fraction of sp³-hybridized carbons (Fsp3) is 0.294. The molecule has 0 aliphatic carbocycles. The summed E-state index contributed by atoms with van der Waals surface area (Å²) in [5.74, 6) is -1.38. The summed E-state index contributed by atoms with van der Waals surface area (Å²) in [5, 5.41) is 15.2. The number of anilines is 1. The molecule has 0 aliphatic heterocycles. The van der Waals surface area contributed by atoms with Crippen LogP contribution in [-0.2, 0) is 14.3 Å². The number of nitrogens with one attached hydrogen (secondary N) is 1. The average molecular weight is 391 g/mol. The Morgan fingerprint density at radius 3 is 2.73 bits per heavy atom. The second-order valence-corrected chi connectivity index (χ2v) is 7.14. The van der Waals surface area contributed by atoms with Gasteiger partial charge in [-0.05, 0) is 11.4 Å². The van der Waals surface area contributed by atoms with Gasteiger partial charge in [-0.3, -0.25) is 9.59 Å². The van der Waals surface area contributed by atoms with Gasteiger partial charge in [-0.25, -0.2) is 4.79 Å². The van der Waals surface area contributed by atoms with Crippen molar-refractivity contribution in [2.45, 2.75) is 13.3 Å². The van der Waals surface area contributed by atoms with Gasteiger partial charge < -0.3 is 15.0 Å². The highest BCUT2D eigenvalue weighted by atomic mass is 32.1. The summed E-state index contributed by atoms with van der Waals surface area (Å²) in [5.41, 5.74) is 0.893. The summed E-state index contributed by atoms with van der Waals surface area (Å²) < 4.78 is 5.16. The van der Waals surface area contributed by atoms with E-state index in [4.69, 9.17) is 10.00 Å². The Hall–Kier alpha value is -2.70. The van der Waals surface area contributed by atoms with Crippen LogP contribution in [0.5, 0.6) is 0 Å². The van der Waals surface area contributed by atoms with Crippen molar-refractivity contribution in [3.05, 3.63) is 28.5 Å². The van der Waals surface area contributed by atoms with Crippen LogP contribution in [0, 0.1) is 11.3 Å². The molecule has 0 fully saturated rings. The van der Waals surface area contributed by atoms with Crippen LogP contribution in [0.2, 0.25) is 0 Å². The molecule has 2 amide bonds. The lowest BCUT2D eigenvalue weighted by Crippen LogP contribution is -2.32. The summed E-state index contributed by atoms with van der Waals surface area (Å²) in [7, 11) is 1.54. The number of esters is 1. The van der Waals surface area contributed by atoms with Crippen molar-refractivity contribution in [2.75, 3.05) is 25.5 Å². The molecule has 0 saturated carbocycles. The highest BCUT2D eigenvalue weighted by Gasteiger charge is 2.24. The van der Waals surface area contributed by atoms with Crippen molar-refractivity contribution in [2.24, 2.45) is 0 Å². The van der Waals surface area contributed by atoms with E-state index in [1.807, 2.05) is 23.6 Å². The second-order valence-electron chi connectivity index (χ2n) is 5.31. The average Bonchev–Trinajstić information content (AvgIpc) is 3.26. The number of likely N-dealkylation sites (N-methyl/N-ethyl adjacent to an activating group) is 1. The number of hydrogen-bond acceptors (Lipinski definition) is 7. The molecule has 1 N–H and O–H groups in total. The first-order chi connectivity index (χ1) is 12.4. The Morgan fingerprint density at radius 1 is 1.35 bits per heavy atom. The van der Waals surface area contributed by atoms with Gasteiger partial charge in [-0.15, -0.1) is 22.7 Å². The Bertz CT molecular complexity index is 837. The molecular formula is C17H17N3O4S2. The van der Waals surface area contributed by atoms with Crippen molar-refractivity contribution in [1.29, 1.82) is 5.26 Å². The molecule has 0 aliphatic rings. The number of carbonyl (C=O) groups is 3. The van der Waals surface area contributed by atoms with Gasteiger partial charge in [0.25, 0.3) is 5.91 Å². The highest BCUT2D eigenvalue weighted by Crippen LogP contribution is 2.38. The topological polar surface area (TPSA) is 99.5 Å². The SMILES string of the molecule is CC(=O)Nc1scc(-c2cccs2)c1C(=O)OCC(=O)N(C)CCC#N. The molecule has 2 rings (SSSR count). The van der Waals surface area contributed by atoms with E-state index in [0.717, 1.165) is 4.88 Å². The standard InChI is InChI=1S/C17H17N3O4S2/c1-11(21)19-16-15(12(10-26-16)13-5-3-8-25-13)17(23)24-9-14(22)20(2)7-4-6-18/h3,5,8,10H,4,7,9H2,1-2H3,(H,19,21). The number of amides is 2. The molecule has 136 valence electrons. The molecule has 0 atom stereocenters. The van der Waals surface area contributed by atoms with Gasteiger partial charge in [0.05, 0.1) is 12.5 Å². The van der Waals surface area contributed by atoms with Crippen LogP contribution in [0.3, 0.4) is 0 Å². The molecule has 2 aromatic rings. The lowest BCUT2D eigenvalue weighted by Gasteiger charge is -2.15. The number of rotatable bonds is 7. The normalized spacial score (nSPS) is 10.0. The van der Waals surface area contributed by atoms with E-state index in [1.165, 1.54) is 41.5 Å². The number of thiophene rings is 2. The van der Waals surface area contributed by atoms with Gasteiger partial charge in [0.15, 0.2) is 6.61 Å².